The monoisotopic (exact) mass is 481 g/mol. The van der Waals surface area contributed by atoms with Crippen LogP contribution < -0.4 is 5.32 Å². The quantitative estimate of drug-likeness (QED) is 0.389. The summed E-state index contributed by atoms with van der Waals surface area (Å²) < 4.78 is 7.44. The molecule has 0 radical (unpaired) electrons. The minimum Gasteiger partial charge on any atom is -0.383 e. The lowest BCUT2D eigenvalue weighted by Crippen LogP contribution is -2.47. The topological polar surface area (TPSA) is 63.6 Å². The maximum atomic E-state index is 14.2. The fraction of sp³-hybridized carbons (Fsp3) is 0.267. The molecular weight excluding hydrogens is 450 g/mol. The Balaban J connectivity index is 1.70. The molecule has 1 aromatic heterocycles. The summed E-state index contributed by atoms with van der Waals surface area (Å²) in [4.78, 5) is 29.8. The van der Waals surface area contributed by atoms with Crippen LogP contribution >= 0.6 is 0 Å². The van der Waals surface area contributed by atoms with Gasteiger partial charge in [0.05, 0.1) is 18.6 Å². The molecule has 1 N–H and O–H groups in total. The van der Waals surface area contributed by atoms with Crippen molar-refractivity contribution in [2.75, 3.05) is 25.6 Å². The summed E-state index contributed by atoms with van der Waals surface area (Å²) in [6.07, 6.45) is 2.86. The lowest BCUT2D eigenvalue weighted by molar-refractivity contribution is -0.119. The third kappa shape index (κ3) is 4.07. The van der Waals surface area contributed by atoms with Gasteiger partial charge in [-0.25, -0.2) is 0 Å². The van der Waals surface area contributed by atoms with Gasteiger partial charge in [0.15, 0.2) is 0 Å². The number of ether oxygens (including phenoxy) is 1. The number of carbonyl (C=O) groups excluding carboxylic acids is 2. The highest BCUT2D eigenvalue weighted by molar-refractivity contribution is 6.05. The highest BCUT2D eigenvalue weighted by atomic mass is 16.5. The average Bonchev–Trinajstić information content (AvgIpc) is 3.24. The number of aromatic nitrogens is 1. The molecule has 6 heteroatoms. The van der Waals surface area contributed by atoms with Gasteiger partial charge in [-0.1, -0.05) is 61.5 Å². The fourth-order valence-corrected chi connectivity index (χ4v) is 5.43. The molecule has 6 nitrogen and oxygen atoms in total. The highest BCUT2D eigenvalue weighted by Gasteiger charge is 2.45. The van der Waals surface area contributed by atoms with Crippen molar-refractivity contribution >= 4 is 28.4 Å². The van der Waals surface area contributed by atoms with Crippen LogP contribution in [0, 0.1) is 0 Å². The molecule has 2 atom stereocenters. The summed E-state index contributed by atoms with van der Waals surface area (Å²) >= 11 is 0. The van der Waals surface area contributed by atoms with Crippen LogP contribution in [0.15, 0.2) is 79.0 Å². The van der Waals surface area contributed by atoms with Crippen molar-refractivity contribution < 1.29 is 14.3 Å². The lowest BCUT2D eigenvalue weighted by atomic mass is 9.79. The second kappa shape index (κ2) is 9.99. The first-order valence-electron chi connectivity index (χ1n) is 12.4. The Bertz CT molecular complexity index is 1420. The van der Waals surface area contributed by atoms with E-state index in [1.165, 1.54) is 0 Å². The predicted octanol–water partition coefficient (Wildman–Crippen LogP) is 5.31. The number of anilines is 1. The number of amides is 2. The van der Waals surface area contributed by atoms with Crippen LogP contribution in [0.3, 0.4) is 0 Å². The highest BCUT2D eigenvalue weighted by Crippen LogP contribution is 2.45. The Morgan fingerprint density at radius 1 is 0.972 bits per heavy atom. The molecular formula is C30H31N3O3. The number of methoxy groups -OCH3 is 1. The second-order valence-corrected chi connectivity index (χ2v) is 9.21. The van der Waals surface area contributed by atoms with Crippen molar-refractivity contribution in [1.29, 1.82) is 0 Å². The number of rotatable bonds is 7. The number of aryl methyl sites for hydroxylation is 2. The SMILES string of the molecule is CCc1ccccc1NC(=O)[C@H]1c2ccccc2C(=O)N(CCOC)[C@H]1c1cn(C)c2ccccc12. The van der Waals surface area contributed by atoms with Crippen molar-refractivity contribution in [3.63, 3.8) is 0 Å². The van der Waals surface area contributed by atoms with Crippen LogP contribution in [-0.4, -0.2) is 41.5 Å². The van der Waals surface area contributed by atoms with Crippen LogP contribution in [0.4, 0.5) is 5.69 Å². The summed E-state index contributed by atoms with van der Waals surface area (Å²) in [5, 5.41) is 4.24. The summed E-state index contributed by atoms with van der Waals surface area (Å²) in [7, 11) is 3.62. The van der Waals surface area contributed by atoms with Crippen molar-refractivity contribution in [1.82, 2.24) is 9.47 Å². The van der Waals surface area contributed by atoms with Crippen LogP contribution in [-0.2, 0) is 23.0 Å². The molecule has 3 aromatic carbocycles. The molecule has 4 aromatic rings. The van der Waals surface area contributed by atoms with Crippen molar-refractivity contribution in [3.05, 3.63) is 101 Å². The van der Waals surface area contributed by atoms with E-state index in [2.05, 4.69) is 35.1 Å². The zero-order chi connectivity index (χ0) is 25.2. The van der Waals surface area contributed by atoms with Gasteiger partial charge in [-0.05, 0) is 35.7 Å². The first-order valence-corrected chi connectivity index (χ1v) is 12.4. The molecule has 0 bridgehead atoms. The predicted molar refractivity (Wildman–Crippen MR) is 142 cm³/mol. The number of benzene rings is 3. The third-order valence-corrected chi connectivity index (χ3v) is 7.16. The van der Waals surface area contributed by atoms with Gasteiger partial charge in [0.1, 0.15) is 0 Å². The minimum absolute atomic E-state index is 0.0846. The van der Waals surface area contributed by atoms with Gasteiger partial charge in [0.25, 0.3) is 5.91 Å². The standard InChI is InChI=1S/C30H31N3O3/c1-4-20-11-5-9-15-25(20)31-29(34)27-22-13-6-7-14-23(22)30(35)33(17-18-36-3)28(27)24-19-32(2)26-16-10-8-12-21(24)26/h5-16,19,27-28H,4,17-18H2,1-3H3,(H,31,34)/t27-,28-/m0/s1. The van der Waals surface area contributed by atoms with Crippen molar-refractivity contribution in [2.24, 2.45) is 7.05 Å². The molecule has 0 saturated carbocycles. The lowest BCUT2D eigenvalue weighted by Gasteiger charge is -2.41. The van der Waals surface area contributed by atoms with E-state index in [1.807, 2.05) is 72.6 Å². The van der Waals surface area contributed by atoms with E-state index in [4.69, 9.17) is 4.74 Å². The van der Waals surface area contributed by atoms with Gasteiger partial charge in [0.2, 0.25) is 5.91 Å². The molecule has 0 unspecified atom stereocenters. The van der Waals surface area contributed by atoms with Gasteiger partial charge >= 0.3 is 0 Å². The molecule has 184 valence electrons. The maximum Gasteiger partial charge on any atom is 0.254 e. The molecule has 2 amide bonds. The number of hydrogen-bond donors (Lipinski definition) is 1. The zero-order valence-corrected chi connectivity index (χ0v) is 20.9. The largest absolute Gasteiger partial charge is 0.383 e. The maximum absolute atomic E-state index is 14.2. The number of para-hydroxylation sites is 2. The Labute approximate surface area is 211 Å². The molecule has 0 saturated heterocycles. The molecule has 1 aliphatic heterocycles. The van der Waals surface area contributed by atoms with Gasteiger partial charge in [-0.3, -0.25) is 9.59 Å². The molecule has 5 rings (SSSR count). The second-order valence-electron chi connectivity index (χ2n) is 9.21. The summed E-state index contributed by atoms with van der Waals surface area (Å²) in [6, 6.07) is 23.0. The Hall–Kier alpha value is -3.90. The average molecular weight is 482 g/mol. The van der Waals surface area contributed by atoms with E-state index in [0.29, 0.717) is 18.7 Å². The third-order valence-electron chi connectivity index (χ3n) is 7.16. The van der Waals surface area contributed by atoms with E-state index < -0.39 is 12.0 Å². The smallest absolute Gasteiger partial charge is 0.254 e. The van der Waals surface area contributed by atoms with Crippen LogP contribution in [0.5, 0.6) is 0 Å². The van der Waals surface area contributed by atoms with Crippen molar-refractivity contribution in [3.8, 4) is 0 Å². The van der Waals surface area contributed by atoms with E-state index in [9.17, 15) is 9.59 Å². The number of nitrogens with one attached hydrogen (secondary N) is 1. The van der Waals surface area contributed by atoms with E-state index in [-0.39, 0.29) is 11.8 Å². The van der Waals surface area contributed by atoms with Gasteiger partial charge in [0, 0.05) is 54.6 Å². The van der Waals surface area contributed by atoms with E-state index in [1.54, 1.807) is 7.11 Å². The van der Waals surface area contributed by atoms with Crippen LogP contribution in [0.2, 0.25) is 0 Å². The number of hydrogen-bond acceptors (Lipinski definition) is 3. The number of carbonyl (C=O) groups is 2. The van der Waals surface area contributed by atoms with E-state index >= 15 is 0 Å². The van der Waals surface area contributed by atoms with E-state index in [0.717, 1.165) is 39.7 Å². The molecule has 36 heavy (non-hydrogen) atoms. The van der Waals surface area contributed by atoms with Crippen LogP contribution in [0.1, 0.15) is 45.9 Å². The molecule has 0 aliphatic carbocycles. The Morgan fingerprint density at radius 3 is 2.50 bits per heavy atom. The molecule has 0 fully saturated rings. The van der Waals surface area contributed by atoms with Gasteiger partial charge in [-0.2, -0.15) is 0 Å². The Kier molecular flexibility index (Phi) is 6.61. The fourth-order valence-electron chi connectivity index (χ4n) is 5.43. The minimum atomic E-state index is -0.591. The summed E-state index contributed by atoms with van der Waals surface area (Å²) in [5.41, 5.74) is 5.20. The van der Waals surface area contributed by atoms with Gasteiger partial charge < -0.3 is 19.5 Å². The molecule has 2 heterocycles. The molecule has 1 aliphatic rings. The summed E-state index contributed by atoms with van der Waals surface area (Å²) in [5.74, 6) is -0.804. The molecule has 0 spiro atoms. The zero-order valence-electron chi connectivity index (χ0n) is 20.9. The van der Waals surface area contributed by atoms with Crippen LogP contribution in [0.25, 0.3) is 10.9 Å². The Morgan fingerprint density at radius 2 is 1.69 bits per heavy atom. The first kappa shape index (κ1) is 23.8. The van der Waals surface area contributed by atoms with Gasteiger partial charge in [-0.15, -0.1) is 0 Å². The first-order chi connectivity index (χ1) is 17.5. The number of nitrogens with zero attached hydrogens (tertiary/aromatic N) is 2. The number of fused-ring (bicyclic) bond motifs is 2. The summed E-state index contributed by atoms with van der Waals surface area (Å²) in [6.45, 7) is 2.83. The van der Waals surface area contributed by atoms with Crippen molar-refractivity contribution in [2.45, 2.75) is 25.3 Å². The normalized spacial score (nSPS) is 17.3.